The Kier molecular flexibility index (Phi) is 6.45. The Morgan fingerprint density at radius 2 is 1.67 bits per heavy atom. The minimum atomic E-state index is -0.370. The molecule has 24 heavy (non-hydrogen) atoms. The normalized spacial score (nSPS) is 9.92. The lowest BCUT2D eigenvalue weighted by Gasteiger charge is -2.11. The van der Waals surface area contributed by atoms with Gasteiger partial charge in [0.05, 0.1) is 25.8 Å². The number of carbonyl (C=O) groups excluding carboxylic acids is 2. The number of para-hydroxylation sites is 2. The van der Waals surface area contributed by atoms with Crippen LogP contribution in [0.15, 0.2) is 48.5 Å². The third kappa shape index (κ3) is 5.48. The van der Waals surface area contributed by atoms with Gasteiger partial charge in [-0.05, 0) is 29.8 Å². The molecule has 0 atom stereocenters. The highest BCUT2D eigenvalue weighted by atomic mass is 35.5. The molecule has 0 aliphatic heterocycles. The van der Waals surface area contributed by atoms with Gasteiger partial charge < -0.3 is 10.1 Å². The Hall–Kier alpha value is -2.73. The fourth-order valence-corrected chi connectivity index (χ4v) is 2.11. The Labute approximate surface area is 145 Å². The fourth-order valence-electron chi connectivity index (χ4n) is 1.98. The summed E-state index contributed by atoms with van der Waals surface area (Å²) in [6, 6.07) is 14.2. The number of halogens is 1. The lowest BCUT2D eigenvalue weighted by atomic mass is 10.1. The van der Waals surface area contributed by atoms with Gasteiger partial charge in [-0.25, -0.2) is 0 Å². The molecule has 2 rings (SSSR count). The van der Waals surface area contributed by atoms with Crippen molar-refractivity contribution in [1.29, 1.82) is 0 Å². The molecule has 2 aromatic rings. The van der Waals surface area contributed by atoms with E-state index in [0.29, 0.717) is 16.5 Å². The maximum atomic E-state index is 11.8. The van der Waals surface area contributed by atoms with E-state index >= 15 is 0 Å². The van der Waals surface area contributed by atoms with Crippen molar-refractivity contribution >= 4 is 29.1 Å². The molecule has 0 saturated heterocycles. The lowest BCUT2D eigenvalue weighted by Crippen LogP contribution is -2.44. The van der Waals surface area contributed by atoms with Crippen LogP contribution >= 0.6 is 11.6 Å². The zero-order chi connectivity index (χ0) is 17.4. The number of amides is 2. The summed E-state index contributed by atoms with van der Waals surface area (Å²) in [6.45, 7) is 0.00159. The van der Waals surface area contributed by atoms with Crippen LogP contribution < -0.4 is 20.9 Å². The van der Waals surface area contributed by atoms with E-state index in [4.69, 9.17) is 16.3 Å². The van der Waals surface area contributed by atoms with E-state index in [1.807, 2.05) is 12.1 Å². The van der Waals surface area contributed by atoms with E-state index in [0.717, 1.165) is 5.56 Å². The van der Waals surface area contributed by atoms with Gasteiger partial charge >= 0.3 is 0 Å². The van der Waals surface area contributed by atoms with Crippen LogP contribution in [0.5, 0.6) is 5.75 Å². The molecule has 0 radical (unpaired) electrons. The Morgan fingerprint density at radius 3 is 2.38 bits per heavy atom. The van der Waals surface area contributed by atoms with E-state index in [2.05, 4.69) is 16.2 Å². The molecule has 0 bridgehead atoms. The van der Waals surface area contributed by atoms with E-state index in [9.17, 15) is 9.59 Å². The molecule has 7 heteroatoms. The number of nitrogens with one attached hydrogen (secondary N) is 3. The van der Waals surface area contributed by atoms with Crippen LogP contribution in [0.4, 0.5) is 5.69 Å². The zero-order valence-electron chi connectivity index (χ0n) is 13.1. The SMILES string of the molecule is COc1ccccc1NCC(=O)NNC(=O)Cc1ccc(Cl)cc1. The monoisotopic (exact) mass is 347 g/mol. The quantitative estimate of drug-likeness (QED) is 0.700. The highest BCUT2D eigenvalue weighted by Gasteiger charge is 2.07. The predicted molar refractivity (Wildman–Crippen MR) is 92.9 cm³/mol. The van der Waals surface area contributed by atoms with Crippen molar-refractivity contribution in [2.24, 2.45) is 0 Å². The zero-order valence-corrected chi connectivity index (χ0v) is 13.9. The fraction of sp³-hybridized carbons (Fsp3) is 0.176. The van der Waals surface area contributed by atoms with E-state index in [1.54, 1.807) is 43.5 Å². The van der Waals surface area contributed by atoms with Crippen molar-refractivity contribution in [3.05, 3.63) is 59.1 Å². The van der Waals surface area contributed by atoms with Crippen LogP contribution in [0, 0.1) is 0 Å². The molecular formula is C17H18ClN3O3. The van der Waals surface area contributed by atoms with Crippen LogP contribution in [0.1, 0.15) is 5.56 Å². The number of rotatable bonds is 6. The van der Waals surface area contributed by atoms with Gasteiger partial charge in [0.25, 0.3) is 5.91 Å². The summed E-state index contributed by atoms with van der Waals surface area (Å²) in [5.74, 6) is -0.0506. The molecule has 0 fully saturated rings. The van der Waals surface area contributed by atoms with Crippen molar-refractivity contribution in [3.63, 3.8) is 0 Å². The molecule has 0 aliphatic carbocycles. The van der Waals surface area contributed by atoms with Gasteiger partial charge in [0.2, 0.25) is 5.91 Å². The van der Waals surface area contributed by atoms with Gasteiger partial charge in [0.1, 0.15) is 5.75 Å². The first-order valence-electron chi connectivity index (χ1n) is 7.27. The topological polar surface area (TPSA) is 79.5 Å². The average Bonchev–Trinajstić information content (AvgIpc) is 2.60. The summed E-state index contributed by atoms with van der Waals surface area (Å²) < 4.78 is 5.18. The van der Waals surface area contributed by atoms with E-state index < -0.39 is 0 Å². The number of hydrazine groups is 1. The smallest absolute Gasteiger partial charge is 0.257 e. The molecule has 3 N–H and O–H groups in total. The van der Waals surface area contributed by atoms with Crippen molar-refractivity contribution in [3.8, 4) is 5.75 Å². The predicted octanol–water partition coefficient (Wildman–Crippen LogP) is 2.15. The first kappa shape index (κ1) is 17.6. The Balaban J connectivity index is 1.74. The number of ether oxygens (including phenoxy) is 1. The summed E-state index contributed by atoms with van der Waals surface area (Å²) in [4.78, 5) is 23.5. The van der Waals surface area contributed by atoms with Crippen LogP contribution in [-0.2, 0) is 16.0 Å². The first-order valence-corrected chi connectivity index (χ1v) is 7.65. The van der Waals surface area contributed by atoms with Gasteiger partial charge in [-0.3, -0.25) is 20.4 Å². The van der Waals surface area contributed by atoms with Gasteiger partial charge in [-0.15, -0.1) is 0 Å². The molecule has 126 valence electrons. The maximum Gasteiger partial charge on any atom is 0.257 e. The van der Waals surface area contributed by atoms with E-state index in [-0.39, 0.29) is 24.8 Å². The average molecular weight is 348 g/mol. The third-order valence-electron chi connectivity index (χ3n) is 3.17. The molecule has 0 aliphatic rings. The van der Waals surface area contributed by atoms with Crippen LogP contribution in [0.2, 0.25) is 5.02 Å². The van der Waals surface area contributed by atoms with Gasteiger partial charge in [0.15, 0.2) is 0 Å². The molecule has 2 aromatic carbocycles. The molecule has 0 spiro atoms. The maximum absolute atomic E-state index is 11.8. The highest BCUT2D eigenvalue weighted by molar-refractivity contribution is 6.30. The molecule has 2 amide bonds. The third-order valence-corrected chi connectivity index (χ3v) is 3.42. The first-order chi connectivity index (χ1) is 11.6. The molecule has 0 aromatic heterocycles. The summed E-state index contributed by atoms with van der Waals surface area (Å²) in [5.41, 5.74) is 6.22. The van der Waals surface area contributed by atoms with Crippen molar-refractivity contribution in [2.45, 2.75) is 6.42 Å². The molecular weight excluding hydrogens is 330 g/mol. The number of hydrogen-bond donors (Lipinski definition) is 3. The molecule has 6 nitrogen and oxygen atoms in total. The minimum absolute atomic E-state index is 0.00159. The van der Waals surface area contributed by atoms with Crippen molar-refractivity contribution in [1.82, 2.24) is 10.9 Å². The van der Waals surface area contributed by atoms with Crippen LogP contribution in [0.25, 0.3) is 0 Å². The standard InChI is InChI=1S/C17H18ClN3O3/c1-24-15-5-3-2-4-14(15)19-11-17(23)21-20-16(22)10-12-6-8-13(18)9-7-12/h2-9,19H,10-11H2,1H3,(H,20,22)(H,21,23). The largest absolute Gasteiger partial charge is 0.495 e. The molecule has 0 saturated carbocycles. The van der Waals surface area contributed by atoms with Gasteiger partial charge in [-0.1, -0.05) is 35.9 Å². The Morgan fingerprint density at radius 1 is 1.00 bits per heavy atom. The second-order valence-electron chi connectivity index (χ2n) is 4.95. The minimum Gasteiger partial charge on any atom is -0.495 e. The second-order valence-corrected chi connectivity index (χ2v) is 5.39. The highest BCUT2D eigenvalue weighted by Crippen LogP contribution is 2.22. The lowest BCUT2D eigenvalue weighted by molar-refractivity contribution is -0.127. The van der Waals surface area contributed by atoms with Gasteiger partial charge in [-0.2, -0.15) is 0 Å². The summed E-state index contributed by atoms with van der Waals surface area (Å²) in [7, 11) is 1.55. The summed E-state index contributed by atoms with van der Waals surface area (Å²) in [5, 5.41) is 3.55. The summed E-state index contributed by atoms with van der Waals surface area (Å²) >= 11 is 5.78. The van der Waals surface area contributed by atoms with E-state index in [1.165, 1.54) is 0 Å². The van der Waals surface area contributed by atoms with Crippen LogP contribution in [0.3, 0.4) is 0 Å². The summed E-state index contributed by atoms with van der Waals surface area (Å²) in [6.07, 6.45) is 0.150. The van der Waals surface area contributed by atoms with Crippen molar-refractivity contribution in [2.75, 3.05) is 19.0 Å². The Bertz CT molecular complexity index is 704. The number of benzene rings is 2. The molecule has 0 heterocycles. The number of anilines is 1. The molecule has 0 unspecified atom stereocenters. The second kappa shape index (κ2) is 8.79. The van der Waals surface area contributed by atoms with Gasteiger partial charge in [0, 0.05) is 5.02 Å². The number of carbonyl (C=O) groups is 2. The van der Waals surface area contributed by atoms with Crippen molar-refractivity contribution < 1.29 is 14.3 Å². The number of hydrogen-bond acceptors (Lipinski definition) is 4. The number of methoxy groups -OCH3 is 1. The van der Waals surface area contributed by atoms with Crippen LogP contribution in [-0.4, -0.2) is 25.5 Å².